The largest absolute Gasteiger partial charge is 0.364 e. The zero-order valence-corrected chi connectivity index (χ0v) is 5.63. The Morgan fingerprint density at radius 1 is 1.36 bits per heavy atom. The Bertz CT molecular complexity index is 291. The number of carbonyl (C=O) groups excluding carboxylic acids is 2. The van der Waals surface area contributed by atoms with Gasteiger partial charge in [-0.25, -0.2) is 0 Å². The molecule has 2 aliphatic heterocycles. The molecule has 0 aliphatic carbocycles. The normalized spacial score (nSPS) is 27.3. The molecule has 2 heterocycles. The number of hydrogen-bond acceptors (Lipinski definition) is 3. The average Bonchev–Trinajstić information content (AvgIpc) is 2.34. The van der Waals surface area contributed by atoms with Crippen LogP contribution in [0.25, 0.3) is 0 Å². The first-order valence-corrected chi connectivity index (χ1v) is 3.27. The molecular weight excluding hydrogens is 144 g/mol. The van der Waals surface area contributed by atoms with E-state index in [1.807, 2.05) is 0 Å². The number of nitrogens with one attached hydrogen (secondary N) is 2. The number of hydrogen-bond donors (Lipinski definition) is 2. The summed E-state index contributed by atoms with van der Waals surface area (Å²) in [6.07, 6.45) is 4.77. The van der Waals surface area contributed by atoms with Crippen molar-refractivity contribution in [1.82, 2.24) is 10.6 Å². The van der Waals surface area contributed by atoms with Crippen LogP contribution in [0.2, 0.25) is 0 Å². The molecule has 11 heavy (non-hydrogen) atoms. The third-order valence-corrected chi connectivity index (χ3v) is 1.69. The molecule has 0 radical (unpaired) electrons. The van der Waals surface area contributed by atoms with Gasteiger partial charge in [0, 0.05) is 11.8 Å². The van der Waals surface area contributed by atoms with E-state index >= 15 is 0 Å². The maximum Gasteiger partial charge on any atom is 0.252 e. The molecule has 0 aromatic rings. The van der Waals surface area contributed by atoms with Gasteiger partial charge in [-0.2, -0.15) is 0 Å². The van der Waals surface area contributed by atoms with E-state index in [-0.39, 0.29) is 17.7 Å². The molecule has 56 valence electrons. The Morgan fingerprint density at radius 3 is 3.00 bits per heavy atom. The molecule has 1 atom stereocenters. The Morgan fingerprint density at radius 2 is 2.18 bits per heavy atom. The summed E-state index contributed by atoms with van der Waals surface area (Å²) in [6, 6.07) is 0. The molecule has 0 spiro atoms. The monoisotopic (exact) mass is 150 g/mol. The Labute approximate surface area is 63.0 Å². The number of imide groups is 1. The van der Waals surface area contributed by atoms with Crippen LogP contribution >= 0.6 is 0 Å². The molecule has 0 aromatic heterocycles. The van der Waals surface area contributed by atoms with Crippen molar-refractivity contribution in [2.75, 3.05) is 0 Å². The summed E-state index contributed by atoms with van der Waals surface area (Å²) in [6.45, 7) is 0. The highest BCUT2D eigenvalue weighted by molar-refractivity contribution is 6.07. The highest BCUT2D eigenvalue weighted by Gasteiger charge is 2.29. The summed E-state index contributed by atoms with van der Waals surface area (Å²) < 4.78 is 0. The average molecular weight is 150 g/mol. The second-order valence-corrected chi connectivity index (χ2v) is 2.43. The van der Waals surface area contributed by atoms with E-state index in [2.05, 4.69) is 10.6 Å². The van der Waals surface area contributed by atoms with Crippen LogP contribution in [0.5, 0.6) is 0 Å². The van der Waals surface area contributed by atoms with E-state index in [0.29, 0.717) is 5.70 Å². The molecule has 4 heteroatoms. The van der Waals surface area contributed by atoms with Gasteiger partial charge in [-0.15, -0.1) is 0 Å². The first kappa shape index (κ1) is 6.15. The number of fused-ring (bicyclic) bond motifs is 1. The molecule has 0 fully saturated rings. The van der Waals surface area contributed by atoms with Crippen LogP contribution in [0.15, 0.2) is 24.0 Å². The fraction of sp³-hybridized carbons (Fsp3) is 0.143. The van der Waals surface area contributed by atoms with Crippen LogP contribution in [0.1, 0.15) is 0 Å². The van der Waals surface area contributed by atoms with Gasteiger partial charge in [-0.1, -0.05) is 6.08 Å². The van der Waals surface area contributed by atoms with Crippen LogP contribution in [0.4, 0.5) is 0 Å². The second kappa shape index (κ2) is 1.95. The first-order chi connectivity index (χ1) is 5.27. The third-order valence-electron chi connectivity index (χ3n) is 1.69. The maximum absolute atomic E-state index is 11.0. The van der Waals surface area contributed by atoms with Crippen molar-refractivity contribution in [2.45, 2.75) is 0 Å². The summed E-state index contributed by atoms with van der Waals surface area (Å²) in [5.74, 6) is -0.890. The van der Waals surface area contributed by atoms with Crippen molar-refractivity contribution in [2.24, 2.45) is 5.92 Å². The fourth-order valence-electron chi connectivity index (χ4n) is 1.17. The van der Waals surface area contributed by atoms with Crippen molar-refractivity contribution >= 4 is 11.8 Å². The molecule has 2 rings (SSSR count). The summed E-state index contributed by atoms with van der Waals surface area (Å²) in [5.41, 5.74) is 0.666. The van der Waals surface area contributed by atoms with Gasteiger partial charge in [0.2, 0.25) is 5.91 Å². The molecule has 0 saturated heterocycles. The van der Waals surface area contributed by atoms with E-state index in [1.54, 1.807) is 12.3 Å². The lowest BCUT2D eigenvalue weighted by molar-refractivity contribution is -0.130. The number of amides is 2. The lowest BCUT2D eigenvalue weighted by Crippen LogP contribution is -2.39. The van der Waals surface area contributed by atoms with Gasteiger partial charge in [-0.3, -0.25) is 14.9 Å². The van der Waals surface area contributed by atoms with Crippen LogP contribution in [0.3, 0.4) is 0 Å². The maximum atomic E-state index is 11.0. The van der Waals surface area contributed by atoms with Crippen LogP contribution in [-0.4, -0.2) is 11.8 Å². The topological polar surface area (TPSA) is 58.2 Å². The van der Waals surface area contributed by atoms with Gasteiger partial charge in [0.15, 0.2) is 0 Å². The minimum atomic E-state index is -0.350. The Balaban J connectivity index is 2.40. The van der Waals surface area contributed by atoms with E-state index in [1.165, 1.54) is 6.08 Å². The lowest BCUT2D eigenvalue weighted by Gasteiger charge is -2.14. The van der Waals surface area contributed by atoms with Crippen LogP contribution in [-0.2, 0) is 9.59 Å². The number of rotatable bonds is 0. The summed E-state index contributed by atoms with van der Waals surface area (Å²) in [4.78, 5) is 21.8. The molecule has 0 saturated carbocycles. The molecule has 1 unspecified atom stereocenters. The lowest BCUT2D eigenvalue weighted by atomic mass is 10.0. The minimum Gasteiger partial charge on any atom is -0.364 e. The van der Waals surface area contributed by atoms with Crippen molar-refractivity contribution < 1.29 is 9.59 Å². The molecule has 0 aromatic carbocycles. The van der Waals surface area contributed by atoms with E-state index in [9.17, 15) is 9.59 Å². The highest BCUT2D eigenvalue weighted by atomic mass is 16.2. The molecule has 2 aliphatic rings. The van der Waals surface area contributed by atoms with Gasteiger partial charge in [0.1, 0.15) is 0 Å². The van der Waals surface area contributed by atoms with Crippen LogP contribution in [0, 0.1) is 5.92 Å². The highest BCUT2D eigenvalue weighted by Crippen LogP contribution is 2.18. The quantitative estimate of drug-likeness (QED) is 0.447. The van der Waals surface area contributed by atoms with Gasteiger partial charge in [0.05, 0.1) is 5.92 Å². The smallest absolute Gasteiger partial charge is 0.252 e. The standard InChI is InChI=1S/C7H6N2O2/c10-6-3-5-4(1-2-8-5)7(11)9-6/h1-4,8H,(H,9,10,11). The van der Waals surface area contributed by atoms with Crippen molar-refractivity contribution in [1.29, 1.82) is 0 Å². The van der Waals surface area contributed by atoms with Gasteiger partial charge >= 0.3 is 0 Å². The Kier molecular flexibility index (Phi) is 1.09. The fourth-order valence-corrected chi connectivity index (χ4v) is 1.17. The summed E-state index contributed by atoms with van der Waals surface area (Å²) in [7, 11) is 0. The van der Waals surface area contributed by atoms with Gasteiger partial charge in [0.25, 0.3) is 5.91 Å². The SMILES string of the molecule is O=C1C=C2NC=CC2C(=O)N1. The molecule has 2 N–H and O–H groups in total. The minimum absolute atomic E-state index is 0.256. The molecule has 0 bridgehead atoms. The predicted octanol–water partition coefficient (Wildman–Crippen LogP) is -0.740. The summed E-state index contributed by atoms with van der Waals surface area (Å²) in [5, 5.41) is 5.02. The van der Waals surface area contributed by atoms with Crippen molar-refractivity contribution in [3.63, 3.8) is 0 Å². The second-order valence-electron chi connectivity index (χ2n) is 2.43. The van der Waals surface area contributed by atoms with Crippen molar-refractivity contribution in [3.8, 4) is 0 Å². The first-order valence-electron chi connectivity index (χ1n) is 3.27. The van der Waals surface area contributed by atoms with E-state index in [0.717, 1.165) is 0 Å². The van der Waals surface area contributed by atoms with Gasteiger partial charge < -0.3 is 5.32 Å². The number of carbonyl (C=O) groups is 2. The van der Waals surface area contributed by atoms with Crippen molar-refractivity contribution in [3.05, 3.63) is 24.0 Å². The molecular formula is C7H6N2O2. The zero-order chi connectivity index (χ0) is 7.84. The van der Waals surface area contributed by atoms with E-state index in [4.69, 9.17) is 0 Å². The van der Waals surface area contributed by atoms with Gasteiger partial charge in [-0.05, 0) is 6.20 Å². The van der Waals surface area contributed by atoms with Crippen LogP contribution < -0.4 is 10.6 Å². The zero-order valence-electron chi connectivity index (χ0n) is 5.63. The third kappa shape index (κ3) is 0.832. The molecule has 2 amide bonds. The molecule has 4 nitrogen and oxygen atoms in total. The Hall–Kier alpha value is -1.58. The predicted molar refractivity (Wildman–Crippen MR) is 37.0 cm³/mol. The summed E-state index contributed by atoms with van der Waals surface area (Å²) >= 11 is 0. The van der Waals surface area contributed by atoms with E-state index < -0.39 is 0 Å².